The molecule has 0 radical (unpaired) electrons. The maximum absolute atomic E-state index is 11.8. The fraction of sp³-hybridized carbons (Fsp3) is 0.667. The summed E-state index contributed by atoms with van der Waals surface area (Å²) in [7, 11) is 1.66. The number of amides is 1. The Hall–Kier alpha value is -1.89. The summed E-state index contributed by atoms with van der Waals surface area (Å²) in [5.41, 5.74) is 2.98. The van der Waals surface area contributed by atoms with E-state index in [0.29, 0.717) is 26.1 Å². The Bertz CT molecular complexity index is 629. The van der Waals surface area contributed by atoms with Gasteiger partial charge in [0.05, 0.1) is 18.4 Å². The molecular weight excluding hydrogens is 282 g/mol. The van der Waals surface area contributed by atoms with E-state index in [2.05, 4.69) is 29.4 Å². The highest BCUT2D eigenvalue weighted by Crippen LogP contribution is 2.21. The van der Waals surface area contributed by atoms with Gasteiger partial charge < -0.3 is 10.1 Å². The average Bonchev–Trinajstić information content (AvgIpc) is 3.03. The zero-order valence-electron chi connectivity index (χ0n) is 13.8. The zero-order chi connectivity index (χ0) is 16.1. The van der Waals surface area contributed by atoms with Crippen molar-refractivity contribution in [1.82, 2.24) is 24.9 Å². The van der Waals surface area contributed by atoms with Gasteiger partial charge in [-0.15, -0.1) is 0 Å². The molecule has 0 fully saturated rings. The first-order valence-corrected chi connectivity index (χ1v) is 7.70. The van der Waals surface area contributed by atoms with Crippen molar-refractivity contribution in [3.63, 3.8) is 0 Å². The second-order valence-electron chi connectivity index (χ2n) is 5.67. The molecule has 0 atom stereocenters. The van der Waals surface area contributed by atoms with Crippen LogP contribution in [0.1, 0.15) is 38.4 Å². The van der Waals surface area contributed by atoms with Crippen molar-refractivity contribution in [1.29, 1.82) is 0 Å². The van der Waals surface area contributed by atoms with E-state index in [1.54, 1.807) is 7.11 Å². The Labute approximate surface area is 130 Å². The molecule has 0 aliphatic rings. The first-order chi connectivity index (χ1) is 10.5. The van der Waals surface area contributed by atoms with Crippen molar-refractivity contribution in [2.24, 2.45) is 0 Å². The average molecular weight is 307 g/mol. The highest BCUT2D eigenvalue weighted by Gasteiger charge is 2.15. The molecule has 0 bridgehead atoms. The van der Waals surface area contributed by atoms with Crippen LogP contribution in [0.5, 0.6) is 0 Å². The van der Waals surface area contributed by atoms with Crippen LogP contribution in [0.3, 0.4) is 0 Å². The Morgan fingerprint density at radius 2 is 2.23 bits per heavy atom. The van der Waals surface area contributed by atoms with Crippen LogP contribution in [0.2, 0.25) is 0 Å². The van der Waals surface area contributed by atoms with Gasteiger partial charge in [-0.05, 0) is 27.2 Å². The molecule has 0 saturated carbocycles. The first kappa shape index (κ1) is 16.5. The van der Waals surface area contributed by atoms with Gasteiger partial charge in [-0.25, -0.2) is 0 Å². The topological polar surface area (TPSA) is 74.0 Å². The third kappa shape index (κ3) is 3.65. The van der Waals surface area contributed by atoms with Crippen molar-refractivity contribution in [3.05, 3.63) is 11.9 Å². The number of nitrogens with zero attached hydrogens (tertiary/aromatic N) is 4. The summed E-state index contributed by atoms with van der Waals surface area (Å²) in [6.07, 6.45) is 3.07. The van der Waals surface area contributed by atoms with Gasteiger partial charge in [-0.1, -0.05) is 0 Å². The molecule has 0 aromatic carbocycles. The number of ether oxygens (including phenoxy) is 1. The Kier molecular flexibility index (Phi) is 5.54. The van der Waals surface area contributed by atoms with Crippen molar-refractivity contribution in [3.8, 4) is 0 Å². The molecule has 0 spiro atoms. The smallest absolute Gasteiger partial charge is 0.221 e. The molecule has 1 N–H and O–H groups in total. The molecule has 0 unspecified atom stereocenters. The molecule has 2 aromatic rings. The highest BCUT2D eigenvalue weighted by atomic mass is 16.5. The van der Waals surface area contributed by atoms with E-state index in [-0.39, 0.29) is 11.9 Å². The van der Waals surface area contributed by atoms with Gasteiger partial charge >= 0.3 is 0 Å². The largest absolute Gasteiger partial charge is 0.385 e. The molecule has 0 aliphatic heterocycles. The summed E-state index contributed by atoms with van der Waals surface area (Å²) >= 11 is 0. The first-order valence-electron chi connectivity index (χ1n) is 7.70. The lowest BCUT2D eigenvalue weighted by Crippen LogP contribution is -2.26. The van der Waals surface area contributed by atoms with Gasteiger partial charge in [0.2, 0.25) is 5.91 Å². The van der Waals surface area contributed by atoms with E-state index in [4.69, 9.17) is 4.74 Å². The molecular formula is C15H25N5O2. The summed E-state index contributed by atoms with van der Waals surface area (Å²) in [5, 5.41) is 11.8. The Morgan fingerprint density at radius 3 is 2.91 bits per heavy atom. The summed E-state index contributed by atoms with van der Waals surface area (Å²) in [6.45, 7) is 8.03. The summed E-state index contributed by atoms with van der Waals surface area (Å²) in [4.78, 5) is 11.8. The third-order valence-corrected chi connectivity index (χ3v) is 3.55. The number of aromatic nitrogens is 4. The van der Waals surface area contributed by atoms with Gasteiger partial charge in [0.25, 0.3) is 0 Å². The van der Waals surface area contributed by atoms with Gasteiger partial charge in [0, 0.05) is 32.7 Å². The minimum Gasteiger partial charge on any atom is -0.385 e. The Morgan fingerprint density at radius 1 is 1.45 bits per heavy atom. The van der Waals surface area contributed by atoms with E-state index in [9.17, 15) is 4.79 Å². The number of aryl methyl sites for hydroxylation is 2. The van der Waals surface area contributed by atoms with E-state index in [1.807, 2.05) is 22.5 Å². The molecule has 0 aliphatic carbocycles. The van der Waals surface area contributed by atoms with E-state index < -0.39 is 0 Å². The molecule has 22 heavy (non-hydrogen) atoms. The number of hydrogen-bond donors (Lipinski definition) is 1. The molecule has 1 amide bonds. The van der Waals surface area contributed by atoms with E-state index in [0.717, 1.165) is 23.1 Å². The van der Waals surface area contributed by atoms with Crippen molar-refractivity contribution in [2.45, 2.75) is 46.2 Å². The number of hydrogen-bond acceptors (Lipinski definition) is 4. The molecule has 2 aromatic heterocycles. The molecule has 2 heterocycles. The predicted octanol–water partition coefficient (Wildman–Crippen LogP) is 1.66. The van der Waals surface area contributed by atoms with Crippen LogP contribution in [0.4, 0.5) is 0 Å². The molecule has 122 valence electrons. The number of carbonyl (C=O) groups excluding carboxylic acids is 1. The van der Waals surface area contributed by atoms with Crippen LogP contribution >= 0.6 is 0 Å². The number of nitrogens with one attached hydrogen (secondary N) is 1. The Balaban J connectivity index is 1.96. The lowest BCUT2D eigenvalue weighted by atomic mass is 10.3. The normalized spacial score (nSPS) is 11.5. The molecule has 7 nitrogen and oxygen atoms in total. The lowest BCUT2D eigenvalue weighted by Gasteiger charge is -2.05. The molecule has 2 rings (SSSR count). The summed E-state index contributed by atoms with van der Waals surface area (Å²) < 4.78 is 8.79. The zero-order valence-corrected chi connectivity index (χ0v) is 13.8. The summed E-state index contributed by atoms with van der Waals surface area (Å²) in [5.74, 6) is 0.0358. The van der Waals surface area contributed by atoms with Crippen LogP contribution in [0.25, 0.3) is 11.0 Å². The van der Waals surface area contributed by atoms with E-state index in [1.165, 1.54) is 0 Å². The molecule has 7 heteroatoms. The van der Waals surface area contributed by atoms with Crippen molar-refractivity contribution < 1.29 is 9.53 Å². The quantitative estimate of drug-likeness (QED) is 0.753. The summed E-state index contributed by atoms with van der Waals surface area (Å²) in [6, 6.07) is 0.290. The standard InChI is InChI=1S/C15H25N5O2/c1-11(2)20-13-10-17-19(15(13)12(3)18-20)8-6-14(21)16-7-5-9-22-4/h10-11H,5-9H2,1-4H3,(H,16,21). The maximum Gasteiger partial charge on any atom is 0.221 e. The van der Waals surface area contributed by atoms with Gasteiger partial charge in [-0.2, -0.15) is 10.2 Å². The predicted molar refractivity (Wildman–Crippen MR) is 84.8 cm³/mol. The van der Waals surface area contributed by atoms with Crippen LogP contribution < -0.4 is 5.32 Å². The minimum absolute atomic E-state index is 0.0358. The SMILES string of the molecule is COCCCNC(=O)CCn1ncc2c1c(C)nn2C(C)C. The van der Waals surface area contributed by atoms with Crippen LogP contribution in [-0.2, 0) is 16.1 Å². The maximum atomic E-state index is 11.8. The second-order valence-corrected chi connectivity index (χ2v) is 5.67. The lowest BCUT2D eigenvalue weighted by molar-refractivity contribution is -0.121. The number of methoxy groups -OCH3 is 1. The van der Waals surface area contributed by atoms with Crippen molar-refractivity contribution >= 4 is 16.9 Å². The highest BCUT2D eigenvalue weighted by molar-refractivity contribution is 5.78. The second kappa shape index (κ2) is 7.40. The van der Waals surface area contributed by atoms with Crippen LogP contribution in [0.15, 0.2) is 6.20 Å². The number of carbonyl (C=O) groups is 1. The van der Waals surface area contributed by atoms with Gasteiger partial charge in [0.1, 0.15) is 11.0 Å². The van der Waals surface area contributed by atoms with E-state index >= 15 is 0 Å². The fourth-order valence-corrected chi connectivity index (χ4v) is 2.48. The minimum atomic E-state index is 0.0358. The number of rotatable bonds is 8. The third-order valence-electron chi connectivity index (χ3n) is 3.55. The monoisotopic (exact) mass is 307 g/mol. The van der Waals surface area contributed by atoms with Crippen molar-refractivity contribution in [2.75, 3.05) is 20.3 Å². The fourth-order valence-electron chi connectivity index (χ4n) is 2.48. The number of fused-ring (bicyclic) bond motifs is 1. The molecule has 0 saturated heterocycles. The van der Waals surface area contributed by atoms with Crippen LogP contribution in [0, 0.1) is 6.92 Å². The van der Waals surface area contributed by atoms with Gasteiger partial charge in [-0.3, -0.25) is 14.2 Å². The van der Waals surface area contributed by atoms with Gasteiger partial charge in [0.15, 0.2) is 0 Å². The van der Waals surface area contributed by atoms with Crippen LogP contribution in [-0.4, -0.2) is 45.7 Å².